The molecule has 0 radical (unpaired) electrons. The quantitative estimate of drug-likeness (QED) is 0.808. The molecular formula is C20H28N2O4. The molecule has 6 nitrogen and oxygen atoms in total. The van der Waals surface area contributed by atoms with Crippen LogP contribution in [0.5, 0.6) is 0 Å². The molecular weight excluding hydrogens is 332 g/mol. The van der Waals surface area contributed by atoms with Crippen LogP contribution in [0.15, 0.2) is 24.3 Å². The zero-order chi connectivity index (χ0) is 19.1. The van der Waals surface area contributed by atoms with E-state index in [-0.39, 0.29) is 24.3 Å². The Bertz CT molecular complexity index is 634. The van der Waals surface area contributed by atoms with Crippen molar-refractivity contribution in [1.82, 2.24) is 9.80 Å². The highest BCUT2D eigenvalue weighted by Gasteiger charge is 2.27. The number of rotatable bonds is 7. The molecule has 2 rings (SSSR count). The van der Waals surface area contributed by atoms with Gasteiger partial charge in [0.25, 0.3) is 0 Å². The van der Waals surface area contributed by atoms with Crippen molar-refractivity contribution in [2.24, 2.45) is 5.92 Å². The zero-order valence-corrected chi connectivity index (χ0v) is 15.6. The molecule has 0 saturated carbocycles. The molecule has 142 valence electrons. The zero-order valence-electron chi connectivity index (χ0n) is 15.6. The lowest BCUT2D eigenvalue weighted by Gasteiger charge is -2.31. The number of carbonyl (C=O) groups is 3. The van der Waals surface area contributed by atoms with Gasteiger partial charge in [-0.15, -0.1) is 0 Å². The Kier molecular flexibility index (Phi) is 7.18. The van der Waals surface area contributed by atoms with Gasteiger partial charge in [-0.1, -0.05) is 29.8 Å². The molecule has 0 atom stereocenters. The van der Waals surface area contributed by atoms with E-state index in [0.29, 0.717) is 32.4 Å². The summed E-state index contributed by atoms with van der Waals surface area (Å²) in [5.41, 5.74) is 2.43. The van der Waals surface area contributed by atoms with Crippen molar-refractivity contribution in [2.45, 2.75) is 39.0 Å². The van der Waals surface area contributed by atoms with Crippen LogP contribution < -0.4 is 0 Å². The highest BCUT2D eigenvalue weighted by atomic mass is 16.4. The smallest absolute Gasteiger partial charge is 0.306 e. The first-order valence-electron chi connectivity index (χ1n) is 9.17. The third-order valence-corrected chi connectivity index (χ3v) is 4.97. The molecule has 1 aliphatic heterocycles. The molecule has 1 fully saturated rings. The number of piperidine rings is 1. The lowest BCUT2D eigenvalue weighted by atomic mass is 9.97. The second-order valence-electron chi connectivity index (χ2n) is 7.08. The predicted molar refractivity (Wildman–Crippen MR) is 98.7 cm³/mol. The number of amides is 2. The summed E-state index contributed by atoms with van der Waals surface area (Å²) < 4.78 is 0. The van der Waals surface area contributed by atoms with E-state index in [4.69, 9.17) is 5.11 Å². The molecule has 26 heavy (non-hydrogen) atoms. The fourth-order valence-electron chi connectivity index (χ4n) is 3.16. The summed E-state index contributed by atoms with van der Waals surface area (Å²) in [6, 6.07) is 8.28. The first kappa shape index (κ1) is 19.9. The Balaban J connectivity index is 1.70. The maximum atomic E-state index is 12.3. The Morgan fingerprint density at radius 3 is 2.35 bits per heavy atom. The van der Waals surface area contributed by atoms with Crippen LogP contribution in [0, 0.1) is 12.8 Å². The average molecular weight is 360 g/mol. The maximum absolute atomic E-state index is 12.3. The van der Waals surface area contributed by atoms with Gasteiger partial charge in [0, 0.05) is 26.6 Å². The van der Waals surface area contributed by atoms with Crippen LogP contribution in [-0.4, -0.2) is 59.4 Å². The van der Waals surface area contributed by atoms with E-state index < -0.39 is 5.97 Å². The van der Waals surface area contributed by atoms with Crippen molar-refractivity contribution in [2.75, 3.05) is 26.7 Å². The van der Waals surface area contributed by atoms with Crippen molar-refractivity contribution in [3.63, 3.8) is 0 Å². The molecule has 0 aromatic heterocycles. The molecule has 0 bridgehead atoms. The Morgan fingerprint density at radius 2 is 1.77 bits per heavy atom. The molecule has 0 spiro atoms. The number of aryl methyl sites for hydroxylation is 2. The number of carboxylic acids is 1. The van der Waals surface area contributed by atoms with Crippen molar-refractivity contribution < 1.29 is 19.5 Å². The van der Waals surface area contributed by atoms with Crippen LogP contribution in [0.3, 0.4) is 0 Å². The molecule has 1 saturated heterocycles. The molecule has 0 unspecified atom stereocenters. The Hall–Kier alpha value is -2.37. The number of benzene rings is 1. The van der Waals surface area contributed by atoms with E-state index in [1.165, 1.54) is 16.0 Å². The topological polar surface area (TPSA) is 77.9 Å². The van der Waals surface area contributed by atoms with Crippen LogP contribution >= 0.6 is 0 Å². The third kappa shape index (κ3) is 5.86. The van der Waals surface area contributed by atoms with Crippen molar-refractivity contribution >= 4 is 17.8 Å². The number of hydrogen-bond acceptors (Lipinski definition) is 3. The fourth-order valence-corrected chi connectivity index (χ4v) is 3.16. The Labute approximate surface area is 154 Å². The van der Waals surface area contributed by atoms with Gasteiger partial charge in [0.2, 0.25) is 11.8 Å². The highest BCUT2D eigenvalue weighted by molar-refractivity contribution is 5.84. The van der Waals surface area contributed by atoms with Gasteiger partial charge >= 0.3 is 5.97 Å². The van der Waals surface area contributed by atoms with Crippen LogP contribution in [-0.2, 0) is 20.8 Å². The van der Waals surface area contributed by atoms with Gasteiger partial charge in [0.15, 0.2) is 0 Å². The van der Waals surface area contributed by atoms with Gasteiger partial charge in [-0.25, -0.2) is 0 Å². The highest BCUT2D eigenvalue weighted by Crippen LogP contribution is 2.17. The normalized spacial score (nSPS) is 14.9. The minimum absolute atomic E-state index is 0.0362. The summed E-state index contributed by atoms with van der Waals surface area (Å²) in [7, 11) is 1.65. The molecule has 6 heteroatoms. The lowest BCUT2D eigenvalue weighted by molar-refractivity contribution is -0.146. The summed E-state index contributed by atoms with van der Waals surface area (Å²) in [5, 5.41) is 9.00. The first-order chi connectivity index (χ1) is 12.4. The van der Waals surface area contributed by atoms with Crippen LogP contribution in [0.2, 0.25) is 0 Å². The first-order valence-corrected chi connectivity index (χ1v) is 9.17. The number of carboxylic acid groups (broad SMARTS) is 1. The number of likely N-dealkylation sites (N-methyl/N-ethyl adjacent to an activating group) is 1. The maximum Gasteiger partial charge on any atom is 0.306 e. The monoisotopic (exact) mass is 360 g/mol. The molecule has 1 heterocycles. The minimum atomic E-state index is -0.794. The largest absolute Gasteiger partial charge is 0.481 e. The van der Waals surface area contributed by atoms with E-state index in [1.807, 2.05) is 6.92 Å². The van der Waals surface area contributed by atoms with Gasteiger partial charge in [-0.05, 0) is 38.2 Å². The molecule has 1 aliphatic rings. The van der Waals surface area contributed by atoms with Crippen molar-refractivity contribution in [3.8, 4) is 0 Å². The number of hydrogen-bond donors (Lipinski definition) is 1. The summed E-state index contributed by atoms with van der Waals surface area (Å²) in [6.45, 7) is 3.00. The van der Waals surface area contributed by atoms with Gasteiger partial charge in [-0.2, -0.15) is 0 Å². The lowest BCUT2D eigenvalue weighted by Crippen LogP contribution is -2.45. The van der Waals surface area contributed by atoms with E-state index in [9.17, 15) is 14.4 Å². The molecule has 1 N–H and O–H groups in total. The van der Waals surface area contributed by atoms with Gasteiger partial charge in [0.1, 0.15) is 0 Å². The molecule has 2 amide bonds. The summed E-state index contributed by atoms with van der Waals surface area (Å²) in [5.74, 6) is -1.30. The van der Waals surface area contributed by atoms with Crippen LogP contribution in [0.1, 0.15) is 36.8 Å². The fraction of sp³-hybridized carbons (Fsp3) is 0.550. The van der Waals surface area contributed by atoms with Crippen molar-refractivity contribution in [1.29, 1.82) is 0 Å². The average Bonchev–Trinajstić information content (AvgIpc) is 2.63. The predicted octanol–water partition coefficient (Wildman–Crippen LogP) is 2.10. The van der Waals surface area contributed by atoms with E-state index >= 15 is 0 Å². The summed E-state index contributed by atoms with van der Waals surface area (Å²) in [4.78, 5) is 38.6. The van der Waals surface area contributed by atoms with Crippen LogP contribution in [0.4, 0.5) is 0 Å². The van der Waals surface area contributed by atoms with Gasteiger partial charge < -0.3 is 14.9 Å². The van der Waals surface area contributed by atoms with E-state index in [1.54, 1.807) is 11.9 Å². The van der Waals surface area contributed by atoms with Gasteiger partial charge in [0.05, 0.1) is 12.5 Å². The minimum Gasteiger partial charge on any atom is -0.481 e. The van der Waals surface area contributed by atoms with E-state index in [2.05, 4.69) is 24.3 Å². The second-order valence-corrected chi connectivity index (χ2v) is 7.08. The number of aliphatic carboxylic acids is 1. The Morgan fingerprint density at radius 1 is 1.15 bits per heavy atom. The molecule has 0 aliphatic carbocycles. The number of likely N-dealkylation sites (tertiary alicyclic amines) is 1. The molecule has 1 aromatic rings. The molecule has 1 aromatic carbocycles. The standard InChI is InChI=1S/C20H28N2O4/c1-15-6-8-16(9-7-15)4-3-5-18(23)21(2)14-19(24)22-12-10-17(11-13-22)20(25)26/h6-9,17H,3-5,10-14H2,1-2H3,(H,25,26). The summed E-state index contributed by atoms with van der Waals surface area (Å²) in [6.07, 6.45) is 2.98. The van der Waals surface area contributed by atoms with Crippen molar-refractivity contribution in [3.05, 3.63) is 35.4 Å². The van der Waals surface area contributed by atoms with Crippen LogP contribution in [0.25, 0.3) is 0 Å². The second kappa shape index (κ2) is 9.36. The number of carbonyl (C=O) groups excluding carboxylic acids is 2. The SMILES string of the molecule is Cc1ccc(CCCC(=O)N(C)CC(=O)N2CCC(C(=O)O)CC2)cc1. The van der Waals surface area contributed by atoms with E-state index in [0.717, 1.165) is 12.8 Å². The van der Waals surface area contributed by atoms with Gasteiger partial charge in [-0.3, -0.25) is 14.4 Å². The summed E-state index contributed by atoms with van der Waals surface area (Å²) >= 11 is 0. The number of nitrogens with zero attached hydrogens (tertiary/aromatic N) is 2. The third-order valence-electron chi connectivity index (χ3n) is 4.97.